The van der Waals surface area contributed by atoms with Gasteiger partial charge in [0.15, 0.2) is 23.3 Å². The maximum atomic E-state index is 13.6. The summed E-state index contributed by atoms with van der Waals surface area (Å²) >= 11 is 1.02. The van der Waals surface area contributed by atoms with E-state index in [9.17, 15) is 27.2 Å². The van der Waals surface area contributed by atoms with Crippen molar-refractivity contribution in [3.63, 3.8) is 0 Å². The molecule has 3 rings (SSSR count). The van der Waals surface area contributed by atoms with Crippen molar-refractivity contribution < 1.29 is 31.9 Å². The van der Waals surface area contributed by atoms with E-state index >= 15 is 0 Å². The van der Waals surface area contributed by atoms with E-state index in [0.29, 0.717) is 21.9 Å². The van der Waals surface area contributed by atoms with Crippen LogP contribution in [0.25, 0.3) is 0 Å². The lowest BCUT2D eigenvalue weighted by molar-refractivity contribution is -0.113. The predicted octanol–water partition coefficient (Wildman–Crippen LogP) is 5.23. The van der Waals surface area contributed by atoms with Gasteiger partial charge < -0.3 is 15.4 Å². The van der Waals surface area contributed by atoms with Crippen LogP contribution in [-0.4, -0.2) is 24.7 Å². The second-order valence-electron chi connectivity index (χ2n) is 6.39. The summed E-state index contributed by atoms with van der Waals surface area (Å²) in [6.45, 7) is 0. The molecule has 2 amide bonds. The van der Waals surface area contributed by atoms with E-state index in [4.69, 9.17) is 4.74 Å². The largest absolute Gasteiger partial charge is 0.497 e. The topological polar surface area (TPSA) is 67.4 Å². The monoisotopic (exact) mass is 464 g/mol. The Labute approximate surface area is 184 Å². The van der Waals surface area contributed by atoms with E-state index in [0.717, 1.165) is 11.8 Å². The fraction of sp³-hybridized carbons (Fsp3) is 0.0909. The van der Waals surface area contributed by atoms with Gasteiger partial charge in [0, 0.05) is 22.2 Å². The molecule has 0 fully saturated rings. The molecule has 0 aromatic heterocycles. The van der Waals surface area contributed by atoms with Gasteiger partial charge in [-0.05, 0) is 48.5 Å². The second kappa shape index (κ2) is 10.2. The molecule has 0 aliphatic heterocycles. The third-order valence-electron chi connectivity index (χ3n) is 4.21. The van der Waals surface area contributed by atoms with Crippen LogP contribution in [0.2, 0.25) is 0 Å². The molecule has 2 N–H and O–H groups in total. The van der Waals surface area contributed by atoms with Crippen LogP contribution < -0.4 is 15.4 Å². The van der Waals surface area contributed by atoms with Crippen molar-refractivity contribution in [1.29, 1.82) is 0 Å². The highest BCUT2D eigenvalue weighted by atomic mass is 32.2. The number of benzene rings is 3. The smallest absolute Gasteiger partial charge is 0.255 e. The number of methoxy groups -OCH3 is 1. The van der Waals surface area contributed by atoms with Gasteiger partial charge in [0.25, 0.3) is 5.91 Å². The highest BCUT2D eigenvalue weighted by Gasteiger charge is 2.20. The van der Waals surface area contributed by atoms with Crippen LogP contribution in [0.4, 0.5) is 28.9 Å². The summed E-state index contributed by atoms with van der Waals surface area (Å²) in [5.41, 5.74) is -0.224. The third-order valence-corrected chi connectivity index (χ3v) is 5.22. The molecule has 0 unspecified atom stereocenters. The molecule has 0 heterocycles. The molecule has 0 radical (unpaired) electrons. The number of hydrogen-bond donors (Lipinski definition) is 2. The second-order valence-corrected chi connectivity index (χ2v) is 7.44. The zero-order valence-electron chi connectivity index (χ0n) is 16.5. The van der Waals surface area contributed by atoms with Crippen LogP contribution in [-0.2, 0) is 4.79 Å². The van der Waals surface area contributed by atoms with Crippen molar-refractivity contribution in [2.75, 3.05) is 23.5 Å². The van der Waals surface area contributed by atoms with E-state index in [1.165, 1.54) is 7.11 Å². The van der Waals surface area contributed by atoms with Crippen LogP contribution in [0, 0.1) is 23.3 Å². The lowest BCUT2D eigenvalue weighted by Crippen LogP contribution is -2.17. The summed E-state index contributed by atoms with van der Waals surface area (Å²) in [5, 5.41) is 4.56. The van der Waals surface area contributed by atoms with Gasteiger partial charge in [0.1, 0.15) is 11.4 Å². The van der Waals surface area contributed by atoms with Crippen LogP contribution in [0.15, 0.2) is 59.5 Å². The molecule has 0 aliphatic carbocycles. The lowest BCUT2D eigenvalue weighted by atomic mass is 10.2. The number of nitrogens with one attached hydrogen (secondary N) is 2. The van der Waals surface area contributed by atoms with Crippen molar-refractivity contribution in [2.24, 2.45) is 0 Å². The zero-order chi connectivity index (χ0) is 23.3. The molecule has 5 nitrogen and oxygen atoms in total. The van der Waals surface area contributed by atoms with E-state index in [-0.39, 0.29) is 17.7 Å². The van der Waals surface area contributed by atoms with Gasteiger partial charge in [-0.3, -0.25) is 9.59 Å². The molecular weight excluding hydrogens is 448 g/mol. The van der Waals surface area contributed by atoms with Crippen molar-refractivity contribution in [3.05, 3.63) is 83.4 Å². The highest BCUT2D eigenvalue weighted by Crippen LogP contribution is 2.25. The Morgan fingerprint density at radius 2 is 1.47 bits per heavy atom. The van der Waals surface area contributed by atoms with E-state index < -0.39 is 34.9 Å². The van der Waals surface area contributed by atoms with Gasteiger partial charge in [-0.1, -0.05) is 0 Å². The van der Waals surface area contributed by atoms with Gasteiger partial charge in [-0.15, -0.1) is 11.8 Å². The minimum Gasteiger partial charge on any atom is -0.497 e. The molecule has 0 aliphatic rings. The molecule has 10 heteroatoms. The number of ether oxygens (including phenoxy) is 1. The number of hydrogen-bond acceptors (Lipinski definition) is 4. The number of carbonyl (C=O) groups is 2. The molecular formula is C22H16F4N2O3S. The molecule has 32 heavy (non-hydrogen) atoms. The first kappa shape index (κ1) is 23.1. The maximum Gasteiger partial charge on any atom is 0.255 e. The zero-order valence-corrected chi connectivity index (χ0v) is 17.4. The van der Waals surface area contributed by atoms with Crippen molar-refractivity contribution >= 4 is 35.0 Å². The number of thioether (sulfide) groups is 1. The number of carbonyl (C=O) groups excluding carboxylic acids is 2. The summed E-state index contributed by atoms with van der Waals surface area (Å²) in [6.07, 6.45) is 0. The first-order valence-electron chi connectivity index (χ1n) is 9.09. The summed E-state index contributed by atoms with van der Waals surface area (Å²) in [4.78, 5) is 24.8. The van der Waals surface area contributed by atoms with Crippen molar-refractivity contribution in [3.8, 4) is 5.75 Å². The van der Waals surface area contributed by atoms with Crippen LogP contribution in [0.3, 0.4) is 0 Å². The Morgan fingerprint density at radius 3 is 2.03 bits per heavy atom. The maximum absolute atomic E-state index is 13.6. The Kier molecular flexibility index (Phi) is 7.37. The fourth-order valence-corrected chi connectivity index (χ4v) is 3.29. The Morgan fingerprint density at radius 1 is 0.875 bits per heavy atom. The lowest BCUT2D eigenvalue weighted by Gasteiger charge is -2.09. The molecule has 0 bridgehead atoms. The normalized spacial score (nSPS) is 10.5. The number of halogens is 4. The number of amides is 2. The molecule has 3 aromatic rings. The van der Waals surface area contributed by atoms with Crippen LogP contribution in [0.5, 0.6) is 5.75 Å². The third kappa shape index (κ3) is 5.58. The quantitative estimate of drug-likeness (QED) is 0.285. The average molecular weight is 464 g/mol. The van der Waals surface area contributed by atoms with Crippen molar-refractivity contribution in [1.82, 2.24) is 0 Å². The Balaban J connectivity index is 1.56. The van der Waals surface area contributed by atoms with Gasteiger partial charge in [0.2, 0.25) is 5.91 Å². The summed E-state index contributed by atoms with van der Waals surface area (Å²) in [5.74, 6) is -7.40. The standard InChI is InChI=1S/C22H16F4N2O3S/c1-31-14-6-2-12(3-7-14)22(30)27-13-4-8-15(9-5-13)32-11-18(29)28-21-19(25)16(23)10-17(24)20(21)26/h2-10H,11H2,1H3,(H,27,30)(H,28,29). The van der Waals surface area contributed by atoms with Gasteiger partial charge in [-0.2, -0.15) is 0 Å². The average Bonchev–Trinajstić information content (AvgIpc) is 2.80. The summed E-state index contributed by atoms with van der Waals surface area (Å²) in [7, 11) is 1.52. The Hall–Kier alpha value is -3.53. The molecule has 0 atom stereocenters. The van der Waals surface area contributed by atoms with E-state index in [2.05, 4.69) is 5.32 Å². The molecule has 3 aromatic carbocycles. The van der Waals surface area contributed by atoms with Gasteiger partial charge in [0.05, 0.1) is 12.9 Å². The van der Waals surface area contributed by atoms with Crippen molar-refractivity contribution in [2.45, 2.75) is 4.90 Å². The van der Waals surface area contributed by atoms with E-state index in [1.54, 1.807) is 48.5 Å². The molecule has 166 valence electrons. The first-order valence-corrected chi connectivity index (χ1v) is 10.1. The molecule has 0 spiro atoms. The minimum absolute atomic E-state index is 0.0596. The van der Waals surface area contributed by atoms with E-state index in [1.807, 2.05) is 5.32 Å². The fourth-order valence-electron chi connectivity index (χ4n) is 2.59. The number of rotatable bonds is 7. The summed E-state index contributed by atoms with van der Waals surface area (Å²) < 4.78 is 58.7. The number of anilines is 2. The van der Waals surface area contributed by atoms with Crippen LogP contribution in [0.1, 0.15) is 10.4 Å². The molecule has 0 saturated heterocycles. The SMILES string of the molecule is COc1ccc(C(=O)Nc2ccc(SCC(=O)Nc3c(F)c(F)cc(F)c3F)cc2)cc1. The Bertz CT molecular complexity index is 1110. The first-order chi connectivity index (χ1) is 15.3. The summed E-state index contributed by atoms with van der Waals surface area (Å²) in [6, 6.07) is 13.1. The van der Waals surface area contributed by atoms with Gasteiger partial charge >= 0.3 is 0 Å². The highest BCUT2D eigenvalue weighted by molar-refractivity contribution is 8.00. The van der Waals surface area contributed by atoms with Crippen LogP contribution >= 0.6 is 11.8 Å². The molecule has 0 saturated carbocycles. The predicted molar refractivity (Wildman–Crippen MR) is 113 cm³/mol. The van der Waals surface area contributed by atoms with Gasteiger partial charge in [-0.25, -0.2) is 17.6 Å². The minimum atomic E-state index is -1.68.